The number of fused-ring (bicyclic) bond motifs is 4. The molecule has 21 heteroatoms. The second-order valence-electron chi connectivity index (χ2n) is 16.0. The van der Waals surface area contributed by atoms with E-state index >= 15 is 8.78 Å². The fraction of sp³-hybridized carbons (Fsp3) is 0.400. The molecule has 3 atom stereocenters. The molecule has 0 aliphatic heterocycles. The number of benzene rings is 2. The Morgan fingerprint density at radius 1 is 1.00 bits per heavy atom. The summed E-state index contributed by atoms with van der Waals surface area (Å²) in [4.78, 5) is 18.8. The van der Waals surface area contributed by atoms with E-state index in [1.54, 1.807) is 6.92 Å². The molecule has 5 aromatic rings. The molecule has 2 aliphatic rings. The van der Waals surface area contributed by atoms with Gasteiger partial charge in [-0.1, -0.05) is 23.6 Å². The number of nitrogens with one attached hydrogen (secondary N) is 1. The zero-order chi connectivity index (χ0) is 44.8. The molecule has 0 radical (unpaired) electrons. The molecule has 324 valence electrons. The zero-order valence-corrected chi connectivity index (χ0v) is 35.3. The summed E-state index contributed by atoms with van der Waals surface area (Å²) in [5.74, 6) is -3.56. The lowest BCUT2D eigenvalue weighted by Gasteiger charge is -2.22. The molecule has 0 bridgehead atoms. The molecule has 3 aromatic heterocycles. The van der Waals surface area contributed by atoms with Crippen LogP contribution < -0.4 is 4.72 Å². The minimum Gasteiger partial charge on any atom is -0.298 e. The Hall–Kier alpha value is -5.00. The van der Waals surface area contributed by atoms with Gasteiger partial charge >= 0.3 is 6.18 Å². The van der Waals surface area contributed by atoms with Crippen molar-refractivity contribution >= 4 is 54.0 Å². The molecule has 0 spiro atoms. The average molecular weight is 913 g/mol. The molecule has 61 heavy (non-hydrogen) atoms. The molecular weight excluding hydrogens is 877 g/mol. The number of anilines is 1. The van der Waals surface area contributed by atoms with Gasteiger partial charge in [0.15, 0.2) is 21.4 Å². The van der Waals surface area contributed by atoms with E-state index < -0.39 is 91.3 Å². The second-order valence-corrected chi connectivity index (χ2v) is 20.7. The van der Waals surface area contributed by atoms with Crippen molar-refractivity contribution in [3.8, 4) is 23.0 Å². The highest BCUT2D eigenvalue weighted by molar-refractivity contribution is 7.92. The van der Waals surface area contributed by atoms with Gasteiger partial charge in [0.2, 0.25) is 10.0 Å². The summed E-state index contributed by atoms with van der Waals surface area (Å²) < 4.78 is 154. The number of halogens is 8. The van der Waals surface area contributed by atoms with Crippen molar-refractivity contribution in [2.45, 2.75) is 81.8 Å². The van der Waals surface area contributed by atoms with E-state index in [9.17, 15) is 43.6 Å². The Morgan fingerprint density at radius 3 is 2.28 bits per heavy atom. The number of hydrogen-bond donors (Lipinski definition) is 1. The van der Waals surface area contributed by atoms with Crippen LogP contribution in [0.25, 0.3) is 22.0 Å². The lowest BCUT2D eigenvalue weighted by atomic mass is 9.86. The van der Waals surface area contributed by atoms with Crippen molar-refractivity contribution in [3.05, 3.63) is 93.0 Å². The first-order valence-corrected chi connectivity index (χ1v) is 22.7. The average Bonchev–Trinajstić information content (AvgIpc) is 3.67. The number of Topliss-reactive ketones (excluding diaryl/α,β-unsaturated/α-hetero) is 1. The maximum atomic E-state index is 15.5. The fourth-order valence-corrected chi connectivity index (χ4v) is 8.77. The predicted molar refractivity (Wildman–Crippen MR) is 212 cm³/mol. The summed E-state index contributed by atoms with van der Waals surface area (Å²) >= 11 is 6.51. The van der Waals surface area contributed by atoms with E-state index in [1.807, 2.05) is 0 Å². The van der Waals surface area contributed by atoms with Gasteiger partial charge < -0.3 is 0 Å². The molecule has 3 heterocycles. The van der Waals surface area contributed by atoms with E-state index in [1.165, 1.54) is 38.1 Å². The molecule has 7 rings (SSSR count). The Balaban J connectivity index is 1.44. The van der Waals surface area contributed by atoms with E-state index in [4.69, 9.17) is 11.6 Å². The summed E-state index contributed by atoms with van der Waals surface area (Å²) in [5.41, 5.74) is -0.147. The standard InChI is InChI=1S/C40H36ClF7N6O5S2/c1-20-32-29-17-30(29)40(47,48)36(32)53(50-20)18-26(55)15-22(12-21-13-23(42)16-24(43)14-21)34-27(7-6-25(49-34)10-11-38(2,3)60(4,56)57)28-8-9-31(41)33-35(28)54(19-39(44,45)46)51-37(33)52-61(5,58)59/h6-9,13-14,16,22,29-30H,12,15,17-19H2,1-5H3,(H,51,52)/t22-,29+,30-/m1/s1. The first-order chi connectivity index (χ1) is 28.1. The van der Waals surface area contributed by atoms with Gasteiger partial charge in [-0.25, -0.2) is 30.6 Å². The minimum absolute atomic E-state index is 0.0148. The van der Waals surface area contributed by atoms with Crippen molar-refractivity contribution in [3.63, 3.8) is 0 Å². The SMILES string of the molecule is Cc1nn(CC(=O)C[C@@H](Cc2cc(F)cc(F)c2)c2nc(C#CC(C)(C)S(C)(=O)=O)ccc2-c2ccc(Cl)c3c(NS(C)(=O)=O)nn(CC(F)(F)F)c23)c2c1[C@H]1C[C@H]1C2(F)F. The van der Waals surface area contributed by atoms with Crippen LogP contribution in [0.15, 0.2) is 42.5 Å². The first kappa shape index (κ1) is 44.1. The highest BCUT2D eigenvalue weighted by Crippen LogP contribution is 2.67. The monoisotopic (exact) mass is 912 g/mol. The number of rotatable bonds is 12. The van der Waals surface area contributed by atoms with Gasteiger partial charge in [-0.05, 0) is 81.3 Å². The predicted octanol–water partition coefficient (Wildman–Crippen LogP) is 7.84. The number of hydrogen-bond acceptors (Lipinski definition) is 8. The van der Waals surface area contributed by atoms with Crippen LogP contribution in [0.2, 0.25) is 5.02 Å². The van der Waals surface area contributed by atoms with Crippen molar-refractivity contribution in [2.75, 3.05) is 17.2 Å². The molecule has 0 unspecified atom stereocenters. The topological polar surface area (TPSA) is 146 Å². The van der Waals surface area contributed by atoms with Crippen LogP contribution in [-0.2, 0) is 50.1 Å². The number of carbonyl (C=O) groups excluding carboxylic acids is 1. The Labute approximate surface area is 350 Å². The molecule has 2 aromatic carbocycles. The largest absolute Gasteiger partial charge is 0.408 e. The normalized spacial score (nSPS) is 17.7. The molecule has 1 fully saturated rings. The fourth-order valence-electron chi connectivity index (χ4n) is 7.80. The van der Waals surface area contributed by atoms with E-state index in [0.29, 0.717) is 22.0 Å². The van der Waals surface area contributed by atoms with Crippen LogP contribution in [0.4, 0.5) is 36.6 Å². The van der Waals surface area contributed by atoms with Gasteiger partial charge in [0.25, 0.3) is 5.92 Å². The van der Waals surface area contributed by atoms with E-state index in [2.05, 4.69) is 31.7 Å². The molecule has 11 nitrogen and oxygen atoms in total. The number of sulfonamides is 1. The first-order valence-electron chi connectivity index (χ1n) is 18.5. The number of aromatic nitrogens is 5. The summed E-state index contributed by atoms with van der Waals surface area (Å²) in [5, 5.41) is 7.75. The third kappa shape index (κ3) is 8.87. The molecule has 0 saturated heterocycles. The molecular formula is C40H36ClF7N6O5S2. The zero-order valence-electron chi connectivity index (χ0n) is 32.9. The third-order valence-corrected chi connectivity index (χ3v) is 13.6. The smallest absolute Gasteiger partial charge is 0.298 e. The van der Waals surface area contributed by atoms with Crippen molar-refractivity contribution in [2.24, 2.45) is 5.92 Å². The number of aryl methyl sites for hydroxylation is 1. The summed E-state index contributed by atoms with van der Waals surface area (Å²) in [6.07, 6.45) is -3.77. The van der Waals surface area contributed by atoms with Gasteiger partial charge in [-0.15, -0.1) is 0 Å². The quantitative estimate of drug-likeness (QED) is 0.0985. The molecule has 1 N–H and O–H groups in total. The highest BCUT2D eigenvalue weighted by Gasteiger charge is 2.66. The number of carbonyl (C=O) groups is 1. The molecule has 1 saturated carbocycles. The van der Waals surface area contributed by atoms with Crippen molar-refractivity contribution in [1.82, 2.24) is 24.5 Å². The van der Waals surface area contributed by atoms with Crippen LogP contribution in [0, 0.1) is 36.3 Å². The lowest BCUT2D eigenvalue weighted by molar-refractivity contribution is -0.141. The van der Waals surface area contributed by atoms with Crippen LogP contribution >= 0.6 is 11.6 Å². The van der Waals surface area contributed by atoms with Gasteiger partial charge in [-0.2, -0.15) is 32.1 Å². The van der Waals surface area contributed by atoms with Gasteiger partial charge in [0, 0.05) is 47.3 Å². The van der Waals surface area contributed by atoms with Gasteiger partial charge in [-0.3, -0.25) is 18.9 Å². The number of ketones is 1. The Bertz CT molecular complexity index is 2920. The van der Waals surface area contributed by atoms with Crippen LogP contribution in [0.3, 0.4) is 0 Å². The lowest BCUT2D eigenvalue weighted by Crippen LogP contribution is -2.28. The summed E-state index contributed by atoms with van der Waals surface area (Å²) in [6.45, 7) is 1.90. The van der Waals surface area contributed by atoms with Crippen molar-refractivity contribution in [1.29, 1.82) is 0 Å². The minimum atomic E-state index is -4.90. The highest BCUT2D eigenvalue weighted by atomic mass is 35.5. The van der Waals surface area contributed by atoms with Crippen LogP contribution in [0.5, 0.6) is 0 Å². The van der Waals surface area contributed by atoms with Gasteiger partial charge in [0.05, 0.1) is 33.6 Å². The molecule has 0 amide bonds. The Morgan fingerprint density at radius 2 is 1.66 bits per heavy atom. The number of nitrogens with zero attached hydrogens (tertiary/aromatic N) is 5. The summed E-state index contributed by atoms with van der Waals surface area (Å²) in [6, 6.07) is 7.89. The van der Waals surface area contributed by atoms with E-state index in [-0.39, 0.29) is 68.5 Å². The number of alkyl halides is 5. The van der Waals surface area contributed by atoms with E-state index in [0.717, 1.165) is 29.3 Å². The number of sulfone groups is 1. The van der Waals surface area contributed by atoms with Crippen LogP contribution in [-0.4, -0.2) is 70.6 Å². The molecule has 2 aliphatic carbocycles. The van der Waals surface area contributed by atoms with Crippen LogP contribution in [0.1, 0.15) is 72.4 Å². The maximum Gasteiger partial charge on any atom is 0.408 e. The number of pyridine rings is 1. The van der Waals surface area contributed by atoms with Gasteiger partial charge in [0.1, 0.15) is 40.9 Å². The second kappa shape index (κ2) is 15.1. The third-order valence-electron chi connectivity index (χ3n) is 10.8. The Kier molecular flexibility index (Phi) is 10.9. The van der Waals surface area contributed by atoms with Crippen molar-refractivity contribution < 1.29 is 52.4 Å². The maximum absolute atomic E-state index is 15.5. The summed E-state index contributed by atoms with van der Waals surface area (Å²) in [7, 11) is -7.89.